The van der Waals surface area contributed by atoms with Gasteiger partial charge in [-0.05, 0) is 13.3 Å². The molecule has 3 N–H and O–H groups in total. The number of aliphatic imine (C=N–C) groups is 1. The highest BCUT2D eigenvalue weighted by molar-refractivity contribution is 8.13. The Morgan fingerprint density at radius 2 is 2.27 bits per heavy atom. The number of anilines is 1. The summed E-state index contributed by atoms with van der Waals surface area (Å²) in [6.07, 6.45) is 2.98. The van der Waals surface area contributed by atoms with Crippen LogP contribution < -0.4 is 15.8 Å². The molecule has 2 aromatic heterocycles. The van der Waals surface area contributed by atoms with Crippen molar-refractivity contribution in [3.8, 4) is 5.88 Å². The molecule has 3 atom stereocenters. The Labute approximate surface area is 178 Å². The van der Waals surface area contributed by atoms with Crippen molar-refractivity contribution in [2.24, 2.45) is 16.6 Å². The molecular formula is C17H18F2N6O3S2. The van der Waals surface area contributed by atoms with E-state index in [1.807, 2.05) is 6.92 Å². The second-order valence-corrected chi connectivity index (χ2v) is 8.75. The maximum Gasteiger partial charge on any atom is 0.388 e. The van der Waals surface area contributed by atoms with E-state index in [1.165, 1.54) is 23.1 Å². The number of thiazole rings is 1. The molecule has 9 nitrogen and oxygen atoms in total. The topological polar surface area (TPSA) is 125 Å². The van der Waals surface area contributed by atoms with Crippen LogP contribution in [0.4, 0.5) is 14.6 Å². The molecule has 2 aliphatic rings. The monoisotopic (exact) mass is 456 g/mol. The van der Waals surface area contributed by atoms with Gasteiger partial charge in [0, 0.05) is 17.1 Å². The van der Waals surface area contributed by atoms with Crippen molar-refractivity contribution in [3.63, 3.8) is 0 Å². The van der Waals surface area contributed by atoms with Crippen LogP contribution >= 0.6 is 23.1 Å². The standard InChI is InChI=1S/C17H18F2N6O3S2/c1-8-2-9-5-30-16(20)25-17(9,7-27-8)14-24-11(6-29-14)23-13(26)10-3-22-12(4-21-10)28-15(18)19/h3-4,6,8-9,15H,2,5,7H2,1H3,(H2,20,25)(H,23,26)/t8-,9-,17?/m0/s1. The van der Waals surface area contributed by atoms with Crippen LogP contribution in [-0.2, 0) is 10.3 Å². The fourth-order valence-electron chi connectivity index (χ4n) is 3.38. The molecule has 0 bridgehead atoms. The number of ether oxygens (including phenoxy) is 2. The molecule has 0 aliphatic carbocycles. The fraction of sp³-hybridized carbons (Fsp3) is 0.471. The molecule has 13 heteroatoms. The normalized spacial score (nSPS) is 26.1. The van der Waals surface area contributed by atoms with Gasteiger partial charge in [-0.25, -0.2) is 19.9 Å². The molecule has 0 radical (unpaired) electrons. The van der Waals surface area contributed by atoms with E-state index >= 15 is 0 Å². The van der Waals surface area contributed by atoms with Crippen molar-refractivity contribution in [2.45, 2.75) is 31.6 Å². The van der Waals surface area contributed by atoms with E-state index in [4.69, 9.17) is 15.5 Å². The molecule has 0 spiro atoms. The Hall–Kier alpha value is -2.38. The second-order valence-electron chi connectivity index (χ2n) is 6.85. The second kappa shape index (κ2) is 8.40. The lowest BCUT2D eigenvalue weighted by Gasteiger charge is -2.44. The minimum atomic E-state index is -3.02. The molecule has 1 fully saturated rings. The van der Waals surface area contributed by atoms with Gasteiger partial charge in [-0.3, -0.25) is 4.79 Å². The molecule has 160 valence electrons. The van der Waals surface area contributed by atoms with Gasteiger partial charge in [0.25, 0.3) is 5.91 Å². The lowest BCUT2D eigenvalue weighted by molar-refractivity contribution is -0.0531. The van der Waals surface area contributed by atoms with Gasteiger partial charge in [0.05, 0.1) is 25.1 Å². The summed E-state index contributed by atoms with van der Waals surface area (Å²) in [6, 6.07) is 0. The number of thioether (sulfide) groups is 1. The van der Waals surface area contributed by atoms with Gasteiger partial charge in [0.2, 0.25) is 5.88 Å². The van der Waals surface area contributed by atoms with Crippen LogP contribution in [-0.4, -0.2) is 51.1 Å². The van der Waals surface area contributed by atoms with Crippen molar-refractivity contribution in [3.05, 3.63) is 28.5 Å². The number of alkyl halides is 2. The first-order valence-electron chi connectivity index (χ1n) is 8.99. The third kappa shape index (κ3) is 4.23. The number of amidine groups is 1. The molecule has 2 aliphatic heterocycles. The Morgan fingerprint density at radius 1 is 1.43 bits per heavy atom. The third-order valence-electron chi connectivity index (χ3n) is 4.81. The van der Waals surface area contributed by atoms with E-state index in [0.29, 0.717) is 22.6 Å². The number of carbonyl (C=O) groups is 1. The molecule has 0 aromatic carbocycles. The van der Waals surface area contributed by atoms with E-state index in [-0.39, 0.29) is 23.6 Å². The highest BCUT2D eigenvalue weighted by Crippen LogP contribution is 2.47. The van der Waals surface area contributed by atoms with Crippen molar-refractivity contribution in [2.75, 3.05) is 17.7 Å². The molecule has 4 rings (SSSR count). The third-order valence-corrected chi connectivity index (χ3v) is 6.77. The zero-order chi connectivity index (χ0) is 21.3. The number of halogens is 2. The van der Waals surface area contributed by atoms with Crippen LogP contribution in [0.3, 0.4) is 0 Å². The number of nitrogens with zero attached hydrogens (tertiary/aromatic N) is 4. The number of rotatable bonds is 5. The van der Waals surface area contributed by atoms with Crippen molar-refractivity contribution in [1.82, 2.24) is 15.0 Å². The Morgan fingerprint density at radius 3 is 3.00 bits per heavy atom. The maximum absolute atomic E-state index is 12.4. The number of nitrogens with two attached hydrogens (primary N) is 1. The van der Waals surface area contributed by atoms with Crippen molar-refractivity contribution in [1.29, 1.82) is 0 Å². The average molecular weight is 457 g/mol. The predicted octanol–water partition coefficient (Wildman–Crippen LogP) is 2.47. The van der Waals surface area contributed by atoms with Crippen LogP contribution in [0.15, 0.2) is 22.8 Å². The molecule has 30 heavy (non-hydrogen) atoms. The van der Waals surface area contributed by atoms with Crippen molar-refractivity contribution < 1.29 is 23.0 Å². The lowest BCUT2D eigenvalue weighted by Crippen LogP contribution is -2.49. The van der Waals surface area contributed by atoms with Gasteiger partial charge in [0.15, 0.2) is 5.17 Å². The summed E-state index contributed by atoms with van der Waals surface area (Å²) in [5, 5.41) is 5.54. The number of carbonyl (C=O) groups excluding carboxylic acids is 1. The Bertz CT molecular complexity index is 957. The van der Waals surface area contributed by atoms with Gasteiger partial charge in [-0.15, -0.1) is 11.3 Å². The lowest BCUT2D eigenvalue weighted by atomic mass is 9.80. The van der Waals surface area contributed by atoms with Crippen LogP contribution in [0.25, 0.3) is 0 Å². The quantitative estimate of drug-likeness (QED) is 0.703. The van der Waals surface area contributed by atoms with E-state index in [2.05, 4.69) is 25.0 Å². The van der Waals surface area contributed by atoms with E-state index in [9.17, 15) is 13.6 Å². The first-order valence-corrected chi connectivity index (χ1v) is 10.9. The number of amides is 1. The van der Waals surface area contributed by atoms with Crippen LogP contribution in [0.5, 0.6) is 5.88 Å². The van der Waals surface area contributed by atoms with E-state index in [1.54, 1.807) is 5.38 Å². The van der Waals surface area contributed by atoms with Crippen LogP contribution in [0.1, 0.15) is 28.8 Å². The zero-order valence-electron chi connectivity index (χ0n) is 15.7. The molecule has 1 amide bonds. The molecule has 2 aromatic rings. The molecule has 0 saturated carbocycles. The SMILES string of the molecule is C[C@H]1C[C@H]2CSC(N)=NC2(c2nc(NC(=O)c3cnc(OC(F)F)cn3)cs2)CO1. The fourth-order valence-corrected chi connectivity index (χ4v) is 5.35. The van der Waals surface area contributed by atoms with E-state index < -0.39 is 18.1 Å². The highest BCUT2D eigenvalue weighted by atomic mass is 32.2. The first kappa shape index (κ1) is 20.9. The smallest absolute Gasteiger partial charge is 0.388 e. The summed E-state index contributed by atoms with van der Waals surface area (Å²) < 4.78 is 34.4. The van der Waals surface area contributed by atoms with Gasteiger partial charge in [0.1, 0.15) is 22.1 Å². The van der Waals surface area contributed by atoms with Crippen LogP contribution in [0, 0.1) is 5.92 Å². The average Bonchev–Trinajstić information content (AvgIpc) is 3.17. The Balaban J connectivity index is 1.51. The zero-order valence-corrected chi connectivity index (χ0v) is 17.4. The Kier molecular flexibility index (Phi) is 5.84. The number of hydrogen-bond donors (Lipinski definition) is 2. The maximum atomic E-state index is 12.4. The summed E-state index contributed by atoms with van der Waals surface area (Å²) in [4.78, 5) is 29.1. The minimum Gasteiger partial charge on any atom is -0.415 e. The molecule has 1 unspecified atom stereocenters. The van der Waals surface area contributed by atoms with Gasteiger partial charge in [-0.1, -0.05) is 11.8 Å². The molecule has 1 saturated heterocycles. The summed E-state index contributed by atoms with van der Waals surface area (Å²) in [5.74, 6) is 0.426. The number of fused-ring (bicyclic) bond motifs is 1. The van der Waals surface area contributed by atoms with Crippen LogP contribution in [0.2, 0.25) is 0 Å². The summed E-state index contributed by atoms with van der Waals surface area (Å²) in [6.45, 7) is -0.613. The summed E-state index contributed by atoms with van der Waals surface area (Å²) in [5.41, 5.74) is 5.27. The largest absolute Gasteiger partial charge is 0.415 e. The molecule has 4 heterocycles. The predicted molar refractivity (Wildman–Crippen MR) is 108 cm³/mol. The minimum absolute atomic E-state index is 0.0617. The van der Waals surface area contributed by atoms with Gasteiger partial charge < -0.3 is 20.5 Å². The number of nitrogens with one attached hydrogen (secondary N) is 1. The molecular weight excluding hydrogens is 438 g/mol. The summed E-state index contributed by atoms with van der Waals surface area (Å²) in [7, 11) is 0. The van der Waals surface area contributed by atoms with Gasteiger partial charge in [-0.2, -0.15) is 8.78 Å². The summed E-state index contributed by atoms with van der Waals surface area (Å²) >= 11 is 2.89. The number of aromatic nitrogens is 3. The highest BCUT2D eigenvalue weighted by Gasteiger charge is 2.49. The number of hydrogen-bond acceptors (Lipinski definition) is 10. The van der Waals surface area contributed by atoms with Crippen molar-refractivity contribution >= 4 is 40.0 Å². The first-order chi connectivity index (χ1) is 14.4. The van der Waals surface area contributed by atoms with E-state index in [0.717, 1.165) is 24.6 Å². The van der Waals surface area contributed by atoms with Gasteiger partial charge >= 0.3 is 6.61 Å².